The molecule has 34 heavy (non-hydrogen) atoms. The molecule has 1 amide bonds. The maximum Gasteiger partial charge on any atom is 0.249 e. The van der Waals surface area contributed by atoms with Crippen LogP contribution in [-0.4, -0.2) is 20.7 Å². The molecule has 0 bridgehead atoms. The summed E-state index contributed by atoms with van der Waals surface area (Å²) in [5.74, 6) is -0.330. The van der Waals surface area contributed by atoms with Crippen LogP contribution in [-0.2, 0) is 17.9 Å². The fourth-order valence-electron chi connectivity index (χ4n) is 3.22. The average molecular weight is 481 g/mol. The minimum atomic E-state index is -0.541. The Hall–Kier alpha value is -3.85. The Labute approximate surface area is 199 Å². The van der Waals surface area contributed by atoms with Crippen molar-refractivity contribution in [3.05, 3.63) is 99.1 Å². The molecular weight excluding hydrogens is 458 g/mol. The quantitative estimate of drug-likeness (QED) is 0.338. The van der Waals surface area contributed by atoms with Gasteiger partial charge in [0.25, 0.3) is 0 Å². The number of aromatic nitrogens is 3. The molecule has 0 saturated carbocycles. The summed E-state index contributed by atoms with van der Waals surface area (Å²) in [4.78, 5) is 16.8. The number of aryl methyl sites for hydroxylation is 2. The Morgan fingerprint density at radius 3 is 2.71 bits per heavy atom. The van der Waals surface area contributed by atoms with Gasteiger partial charge in [-0.25, -0.2) is 18.4 Å². The van der Waals surface area contributed by atoms with Crippen LogP contribution in [0.5, 0.6) is 5.75 Å². The highest BCUT2D eigenvalue weighted by Gasteiger charge is 2.13. The molecule has 0 unspecified atom stereocenters. The standard InChI is InChI=1S/C25H22F2N4O2S/c1-16-12-28-31(13-19-11-20(26)6-9-23(19)27)25(16)30-24(32)10-5-18-3-7-22(8-4-18)33-14-21-15-34-17(2)29-21/h3-12,15H,13-14H2,1-2H3,(H,30,32). The third kappa shape index (κ3) is 5.93. The van der Waals surface area contributed by atoms with E-state index in [0.29, 0.717) is 23.7 Å². The summed E-state index contributed by atoms with van der Waals surface area (Å²) < 4.78 is 34.7. The van der Waals surface area contributed by atoms with E-state index in [-0.39, 0.29) is 18.0 Å². The van der Waals surface area contributed by atoms with E-state index in [1.807, 2.05) is 36.6 Å². The fraction of sp³-hybridized carbons (Fsp3) is 0.160. The minimum Gasteiger partial charge on any atom is -0.487 e. The van der Waals surface area contributed by atoms with E-state index in [1.54, 1.807) is 30.5 Å². The first-order valence-electron chi connectivity index (χ1n) is 10.5. The Bertz CT molecular complexity index is 1330. The SMILES string of the molecule is Cc1nc(COc2ccc(C=CC(=O)Nc3c(C)cnn3Cc3cc(F)ccc3F)cc2)cs1. The smallest absolute Gasteiger partial charge is 0.249 e. The van der Waals surface area contributed by atoms with E-state index in [1.165, 1.54) is 10.8 Å². The minimum absolute atomic E-state index is 0.0152. The summed E-state index contributed by atoms with van der Waals surface area (Å²) in [6, 6.07) is 10.6. The predicted molar refractivity (Wildman–Crippen MR) is 128 cm³/mol. The van der Waals surface area contributed by atoms with Crippen molar-refractivity contribution in [2.75, 3.05) is 5.32 Å². The van der Waals surface area contributed by atoms with Gasteiger partial charge in [-0.05, 0) is 55.8 Å². The molecule has 174 valence electrons. The highest BCUT2D eigenvalue weighted by molar-refractivity contribution is 7.09. The van der Waals surface area contributed by atoms with Gasteiger partial charge >= 0.3 is 0 Å². The van der Waals surface area contributed by atoms with Crippen LogP contribution in [0.1, 0.15) is 27.4 Å². The maximum absolute atomic E-state index is 14.0. The van der Waals surface area contributed by atoms with Crippen molar-refractivity contribution in [2.45, 2.75) is 27.0 Å². The first-order chi connectivity index (χ1) is 16.4. The zero-order valence-electron chi connectivity index (χ0n) is 18.6. The summed E-state index contributed by atoms with van der Waals surface area (Å²) in [5, 5.41) is 9.90. The number of carbonyl (C=O) groups is 1. The largest absolute Gasteiger partial charge is 0.487 e. The number of nitrogens with zero attached hydrogens (tertiary/aromatic N) is 3. The van der Waals surface area contributed by atoms with E-state index in [0.717, 1.165) is 34.5 Å². The Morgan fingerprint density at radius 1 is 1.18 bits per heavy atom. The molecule has 0 aliphatic rings. The molecular formula is C25H22F2N4O2S. The molecule has 0 aliphatic heterocycles. The monoisotopic (exact) mass is 480 g/mol. The van der Waals surface area contributed by atoms with Gasteiger partial charge in [-0.2, -0.15) is 5.10 Å². The van der Waals surface area contributed by atoms with Gasteiger partial charge in [-0.15, -0.1) is 11.3 Å². The second kappa shape index (κ2) is 10.4. The van der Waals surface area contributed by atoms with Gasteiger partial charge < -0.3 is 10.1 Å². The third-order valence-corrected chi connectivity index (χ3v) is 5.77. The molecule has 4 rings (SSSR count). The molecule has 4 aromatic rings. The Morgan fingerprint density at radius 2 is 1.97 bits per heavy atom. The van der Waals surface area contributed by atoms with Crippen LogP contribution < -0.4 is 10.1 Å². The lowest BCUT2D eigenvalue weighted by atomic mass is 10.2. The van der Waals surface area contributed by atoms with Crippen LogP contribution in [0.4, 0.5) is 14.6 Å². The second-order valence-electron chi connectivity index (χ2n) is 7.61. The number of benzene rings is 2. The van der Waals surface area contributed by atoms with Gasteiger partial charge in [0.15, 0.2) is 0 Å². The number of nitrogens with one attached hydrogen (secondary N) is 1. The van der Waals surface area contributed by atoms with Gasteiger partial charge in [-0.1, -0.05) is 12.1 Å². The molecule has 2 aromatic carbocycles. The number of carbonyl (C=O) groups excluding carboxylic acids is 1. The number of halogens is 2. The zero-order valence-corrected chi connectivity index (χ0v) is 19.4. The lowest BCUT2D eigenvalue weighted by Crippen LogP contribution is -2.15. The maximum atomic E-state index is 14.0. The van der Waals surface area contributed by atoms with Crippen LogP contribution in [0.15, 0.2) is 60.1 Å². The molecule has 0 fully saturated rings. The summed E-state index contributed by atoms with van der Waals surface area (Å²) in [6.45, 7) is 4.11. The molecule has 0 saturated heterocycles. The Kier molecular flexibility index (Phi) is 7.12. The van der Waals surface area contributed by atoms with E-state index in [9.17, 15) is 13.6 Å². The summed E-state index contributed by atoms with van der Waals surface area (Å²) in [6.07, 6.45) is 4.63. The van der Waals surface area contributed by atoms with Crippen molar-refractivity contribution >= 4 is 29.1 Å². The zero-order chi connectivity index (χ0) is 24.1. The van der Waals surface area contributed by atoms with E-state index < -0.39 is 11.6 Å². The summed E-state index contributed by atoms with van der Waals surface area (Å²) in [5.41, 5.74) is 2.55. The fourth-order valence-corrected chi connectivity index (χ4v) is 3.82. The molecule has 6 nitrogen and oxygen atoms in total. The van der Waals surface area contributed by atoms with Crippen molar-refractivity contribution in [1.82, 2.24) is 14.8 Å². The highest BCUT2D eigenvalue weighted by Crippen LogP contribution is 2.19. The van der Waals surface area contributed by atoms with Crippen LogP contribution in [0.3, 0.4) is 0 Å². The number of amides is 1. The number of hydrogen-bond donors (Lipinski definition) is 1. The number of ether oxygens (including phenoxy) is 1. The van der Waals surface area contributed by atoms with Crippen molar-refractivity contribution < 1.29 is 18.3 Å². The van der Waals surface area contributed by atoms with Crippen LogP contribution >= 0.6 is 11.3 Å². The average Bonchev–Trinajstić information content (AvgIpc) is 3.39. The third-order valence-electron chi connectivity index (χ3n) is 4.95. The number of hydrogen-bond acceptors (Lipinski definition) is 5. The van der Waals surface area contributed by atoms with Crippen molar-refractivity contribution in [1.29, 1.82) is 0 Å². The van der Waals surface area contributed by atoms with E-state index >= 15 is 0 Å². The van der Waals surface area contributed by atoms with E-state index in [2.05, 4.69) is 15.4 Å². The molecule has 0 spiro atoms. The van der Waals surface area contributed by atoms with Crippen molar-refractivity contribution in [3.8, 4) is 5.75 Å². The number of anilines is 1. The lowest BCUT2D eigenvalue weighted by molar-refractivity contribution is -0.111. The van der Waals surface area contributed by atoms with Crippen LogP contribution in [0.2, 0.25) is 0 Å². The van der Waals surface area contributed by atoms with Crippen LogP contribution in [0, 0.1) is 25.5 Å². The molecule has 2 heterocycles. The molecule has 2 aromatic heterocycles. The van der Waals surface area contributed by atoms with Gasteiger partial charge in [-0.3, -0.25) is 4.79 Å². The number of thiazole rings is 1. The summed E-state index contributed by atoms with van der Waals surface area (Å²) in [7, 11) is 0. The van der Waals surface area contributed by atoms with Gasteiger partial charge in [0.05, 0.1) is 23.4 Å². The lowest BCUT2D eigenvalue weighted by Gasteiger charge is -2.10. The normalized spacial score (nSPS) is 11.2. The first kappa shape index (κ1) is 23.3. The molecule has 0 radical (unpaired) electrons. The molecule has 0 aliphatic carbocycles. The van der Waals surface area contributed by atoms with Gasteiger partial charge in [0.2, 0.25) is 5.91 Å². The molecule has 9 heteroatoms. The second-order valence-corrected chi connectivity index (χ2v) is 8.67. The topological polar surface area (TPSA) is 69.0 Å². The van der Waals surface area contributed by atoms with Crippen LogP contribution in [0.25, 0.3) is 6.08 Å². The predicted octanol–water partition coefficient (Wildman–Crippen LogP) is 5.51. The summed E-state index contributed by atoms with van der Waals surface area (Å²) >= 11 is 1.58. The Balaban J connectivity index is 1.36. The molecule has 1 N–H and O–H groups in total. The molecule has 0 atom stereocenters. The first-order valence-corrected chi connectivity index (χ1v) is 11.3. The van der Waals surface area contributed by atoms with Crippen molar-refractivity contribution in [2.24, 2.45) is 0 Å². The van der Waals surface area contributed by atoms with E-state index in [4.69, 9.17) is 4.74 Å². The van der Waals surface area contributed by atoms with Gasteiger partial charge in [0, 0.05) is 22.6 Å². The number of rotatable bonds is 8. The highest BCUT2D eigenvalue weighted by atomic mass is 32.1. The van der Waals surface area contributed by atoms with Gasteiger partial charge in [0.1, 0.15) is 29.8 Å². The van der Waals surface area contributed by atoms with Crippen molar-refractivity contribution in [3.63, 3.8) is 0 Å².